The maximum atomic E-state index is 4.89. The van der Waals surface area contributed by atoms with Gasteiger partial charge >= 0.3 is 35.6 Å². The van der Waals surface area contributed by atoms with Crippen molar-refractivity contribution in [3.05, 3.63) is 5.32 Å². The van der Waals surface area contributed by atoms with Crippen LogP contribution in [0.4, 0.5) is 0 Å². The minimum atomic E-state index is -0.556. The molecule has 0 unspecified atom stereocenters. The van der Waals surface area contributed by atoms with Crippen molar-refractivity contribution in [2.75, 3.05) is 26.2 Å². The average molecular weight is 232 g/mol. The van der Waals surface area contributed by atoms with Gasteiger partial charge in [0, 0.05) is 0 Å². The van der Waals surface area contributed by atoms with Gasteiger partial charge in [-0.25, -0.2) is 0 Å². The van der Waals surface area contributed by atoms with Crippen LogP contribution in [0, 0.1) is 0 Å². The molecule has 1 aliphatic rings. The van der Waals surface area contributed by atoms with E-state index in [2.05, 4.69) is 10.6 Å². The molecule has 0 spiro atoms. The van der Waals surface area contributed by atoms with Gasteiger partial charge in [0.25, 0.3) is 0 Å². The molecule has 0 aromatic heterocycles. The van der Waals surface area contributed by atoms with Crippen molar-refractivity contribution in [3.8, 4) is 0 Å². The second-order valence-corrected chi connectivity index (χ2v) is 4.78. The van der Waals surface area contributed by atoms with Crippen molar-refractivity contribution < 1.29 is 17.0 Å². The van der Waals surface area contributed by atoms with Crippen LogP contribution in [0.3, 0.4) is 0 Å². The number of nitrogens with one attached hydrogen (secondary N) is 1. The van der Waals surface area contributed by atoms with Gasteiger partial charge in [-0.05, 0) is 13.1 Å². The molecule has 0 aromatic carbocycles. The molecule has 0 saturated carbocycles. The predicted octanol–water partition coefficient (Wildman–Crippen LogP) is 2.12. The minimum absolute atomic E-state index is 0.556. The molecule has 0 aromatic rings. The zero-order valence-electron chi connectivity index (χ0n) is 6.45. The number of hydrogen-bond donors (Lipinski definition) is 1. The van der Waals surface area contributed by atoms with Crippen LogP contribution >= 0.6 is 18.6 Å². The van der Waals surface area contributed by atoms with E-state index >= 15 is 0 Å². The summed E-state index contributed by atoms with van der Waals surface area (Å²) in [5, 5.41) is 7.62. The molecule has 0 bridgehead atoms. The van der Waals surface area contributed by atoms with E-state index in [1.165, 1.54) is 12.8 Å². The van der Waals surface area contributed by atoms with Crippen LogP contribution in [-0.2, 0) is 17.0 Å². The van der Waals surface area contributed by atoms with E-state index in [0.29, 0.717) is 0 Å². The van der Waals surface area contributed by atoms with Crippen molar-refractivity contribution in [1.29, 1.82) is 0 Å². The third-order valence-electron chi connectivity index (χ3n) is 1.34. The second-order valence-electron chi connectivity index (χ2n) is 2.20. The standard InChI is InChI=1S/C6H13N2.2ClH.Ti/c1-3-7-5-2-6-8-4-1;;;/h7H,1-6H2;2*1H;/q-1;;;+2/p-2. The van der Waals surface area contributed by atoms with Gasteiger partial charge in [-0.1, -0.05) is 12.8 Å². The van der Waals surface area contributed by atoms with Crippen LogP contribution in [0.5, 0.6) is 0 Å². The summed E-state index contributed by atoms with van der Waals surface area (Å²) in [6, 6.07) is 0. The Labute approximate surface area is 85.1 Å². The van der Waals surface area contributed by atoms with Gasteiger partial charge in [-0.2, -0.15) is 0 Å². The Morgan fingerprint density at radius 3 is 2.00 bits per heavy atom. The van der Waals surface area contributed by atoms with Crippen LogP contribution in [0.2, 0.25) is 0 Å². The van der Waals surface area contributed by atoms with Gasteiger partial charge in [0.2, 0.25) is 0 Å². The average Bonchev–Trinajstić information content (AvgIpc) is 1.86. The van der Waals surface area contributed by atoms with Crippen molar-refractivity contribution >= 4 is 18.6 Å². The summed E-state index contributed by atoms with van der Waals surface area (Å²) >= 11 is -0.556. The van der Waals surface area contributed by atoms with Gasteiger partial charge in [0.05, 0.1) is 0 Å². The first-order valence-corrected chi connectivity index (χ1v) is 8.01. The van der Waals surface area contributed by atoms with Gasteiger partial charge in [-0.3, -0.25) is 0 Å². The summed E-state index contributed by atoms with van der Waals surface area (Å²) in [4.78, 5) is 0. The first kappa shape index (κ1) is 12.2. The zero-order chi connectivity index (χ0) is 8.36. The van der Waals surface area contributed by atoms with Crippen molar-refractivity contribution in [2.45, 2.75) is 12.8 Å². The number of hydrogen-bond acceptors (Lipinski definition) is 1. The molecule has 0 aliphatic carbocycles. The molecule has 11 heavy (non-hydrogen) atoms. The van der Waals surface area contributed by atoms with Crippen molar-refractivity contribution in [1.82, 2.24) is 5.32 Å². The van der Waals surface area contributed by atoms with E-state index < -0.39 is 17.0 Å². The molecule has 2 nitrogen and oxygen atoms in total. The van der Waals surface area contributed by atoms with E-state index in [4.69, 9.17) is 18.6 Å². The molecule has 1 N–H and O–H groups in total. The van der Waals surface area contributed by atoms with Crippen molar-refractivity contribution in [2.24, 2.45) is 0 Å². The summed E-state index contributed by atoms with van der Waals surface area (Å²) in [5.41, 5.74) is 0. The van der Waals surface area contributed by atoms with Gasteiger partial charge < -0.3 is 10.6 Å². The molecule has 0 atom stereocenters. The molecular formula is C6H13Cl2N2Ti-. The van der Waals surface area contributed by atoms with Gasteiger partial charge in [-0.15, -0.1) is 13.1 Å². The Kier molecular flexibility index (Phi) is 12.5. The molecule has 1 heterocycles. The summed E-state index contributed by atoms with van der Waals surface area (Å²) in [7, 11) is 9.78. The predicted molar refractivity (Wildman–Crippen MR) is 46.9 cm³/mol. The molecule has 1 aliphatic heterocycles. The Balaban J connectivity index is 0.000000292. The fraction of sp³-hybridized carbons (Fsp3) is 1.00. The van der Waals surface area contributed by atoms with Gasteiger partial charge in [0.15, 0.2) is 0 Å². The second kappa shape index (κ2) is 11.2. The third-order valence-corrected chi connectivity index (χ3v) is 1.34. The first-order valence-electron chi connectivity index (χ1n) is 3.72. The van der Waals surface area contributed by atoms with E-state index in [-0.39, 0.29) is 0 Å². The number of rotatable bonds is 0. The molecule has 1 fully saturated rings. The normalized spacial score (nSPS) is 18.7. The van der Waals surface area contributed by atoms with E-state index in [1.54, 1.807) is 0 Å². The Morgan fingerprint density at radius 1 is 1.09 bits per heavy atom. The summed E-state index contributed by atoms with van der Waals surface area (Å²) < 4.78 is 0. The van der Waals surface area contributed by atoms with Crippen LogP contribution in [0.1, 0.15) is 12.8 Å². The fourth-order valence-corrected chi connectivity index (χ4v) is 0.869. The van der Waals surface area contributed by atoms with E-state index in [1.807, 2.05) is 0 Å². The molecular weight excluding hydrogens is 219 g/mol. The number of nitrogens with zero attached hydrogens (tertiary/aromatic N) is 1. The van der Waals surface area contributed by atoms with Crippen molar-refractivity contribution in [3.63, 3.8) is 0 Å². The Morgan fingerprint density at radius 2 is 1.55 bits per heavy atom. The Bertz CT molecular complexity index is 51.6. The fourth-order valence-electron chi connectivity index (χ4n) is 0.869. The molecule has 0 radical (unpaired) electrons. The maximum absolute atomic E-state index is 4.89. The van der Waals surface area contributed by atoms with E-state index in [0.717, 1.165) is 26.2 Å². The van der Waals surface area contributed by atoms with Crippen LogP contribution in [-0.4, -0.2) is 26.2 Å². The number of halogens is 2. The molecule has 1 rings (SSSR count). The Hall–Kier alpha value is 1.21. The topological polar surface area (TPSA) is 26.1 Å². The third kappa shape index (κ3) is 11.2. The zero-order valence-corrected chi connectivity index (χ0v) is 9.52. The van der Waals surface area contributed by atoms with Crippen LogP contribution < -0.4 is 5.32 Å². The first-order chi connectivity index (χ1) is 5.41. The van der Waals surface area contributed by atoms with Gasteiger partial charge in [0.1, 0.15) is 0 Å². The van der Waals surface area contributed by atoms with E-state index in [9.17, 15) is 0 Å². The summed E-state index contributed by atoms with van der Waals surface area (Å²) in [6.45, 7) is 4.44. The molecule has 0 amide bonds. The van der Waals surface area contributed by atoms with Crippen LogP contribution in [0.15, 0.2) is 0 Å². The molecule has 1 saturated heterocycles. The summed E-state index contributed by atoms with van der Waals surface area (Å²) in [5.74, 6) is 0. The molecule has 66 valence electrons. The molecule has 5 heteroatoms. The SMILES string of the molecule is C1C[N-]CCCNC1.[Cl][Ti][Cl]. The quantitative estimate of drug-likeness (QED) is 0.636. The summed E-state index contributed by atoms with van der Waals surface area (Å²) in [6.07, 6.45) is 2.44. The van der Waals surface area contributed by atoms with Crippen LogP contribution in [0.25, 0.3) is 5.32 Å². The monoisotopic (exact) mass is 231 g/mol.